The first-order valence-electron chi connectivity index (χ1n) is 5.04. The van der Waals surface area contributed by atoms with Crippen molar-refractivity contribution in [2.45, 2.75) is 18.9 Å². The van der Waals surface area contributed by atoms with Gasteiger partial charge in [-0.3, -0.25) is 4.98 Å². The van der Waals surface area contributed by atoms with Crippen molar-refractivity contribution in [2.24, 2.45) is 11.7 Å². The molecule has 3 nitrogen and oxygen atoms in total. The number of hydrogen-bond acceptors (Lipinski definition) is 2. The van der Waals surface area contributed by atoms with Gasteiger partial charge in [0, 0.05) is 23.3 Å². The topological polar surface area (TPSA) is 54.7 Å². The molecular formula is C11H13N3. The van der Waals surface area contributed by atoms with Gasteiger partial charge in [0.25, 0.3) is 0 Å². The van der Waals surface area contributed by atoms with Crippen LogP contribution >= 0.6 is 0 Å². The molecular weight excluding hydrogens is 174 g/mol. The molecule has 1 aliphatic carbocycles. The molecule has 2 aromatic rings. The zero-order valence-corrected chi connectivity index (χ0v) is 7.90. The molecule has 0 amide bonds. The van der Waals surface area contributed by atoms with Gasteiger partial charge in [-0.2, -0.15) is 0 Å². The predicted molar refractivity (Wildman–Crippen MR) is 55.7 cm³/mol. The van der Waals surface area contributed by atoms with Gasteiger partial charge in [-0.25, -0.2) is 0 Å². The van der Waals surface area contributed by atoms with Crippen molar-refractivity contribution in [3.05, 3.63) is 30.2 Å². The zero-order chi connectivity index (χ0) is 9.54. The lowest BCUT2D eigenvalue weighted by molar-refractivity contribution is 0.620. The second-order valence-corrected chi connectivity index (χ2v) is 4.00. The summed E-state index contributed by atoms with van der Waals surface area (Å²) in [4.78, 5) is 7.57. The number of nitrogens with one attached hydrogen (secondary N) is 1. The molecule has 3 heteroatoms. The highest BCUT2D eigenvalue weighted by Crippen LogP contribution is 2.40. The number of nitrogens with zero attached hydrogens (tertiary/aromatic N) is 1. The van der Waals surface area contributed by atoms with Crippen LogP contribution in [0.25, 0.3) is 10.9 Å². The van der Waals surface area contributed by atoms with E-state index in [1.807, 2.05) is 18.5 Å². The van der Waals surface area contributed by atoms with Gasteiger partial charge in [-0.05, 0) is 30.9 Å². The predicted octanol–water partition coefficient (Wildman–Crippen LogP) is 1.97. The lowest BCUT2D eigenvalue weighted by Crippen LogP contribution is -2.14. The van der Waals surface area contributed by atoms with Crippen LogP contribution < -0.4 is 5.73 Å². The van der Waals surface area contributed by atoms with Gasteiger partial charge in [-0.15, -0.1) is 0 Å². The first kappa shape index (κ1) is 8.00. The van der Waals surface area contributed by atoms with Crippen LogP contribution in [0.3, 0.4) is 0 Å². The number of aromatic amines is 1. The van der Waals surface area contributed by atoms with Gasteiger partial charge in [0.05, 0.1) is 11.7 Å². The molecule has 72 valence electrons. The Morgan fingerprint density at radius 3 is 3.07 bits per heavy atom. The van der Waals surface area contributed by atoms with Crippen molar-refractivity contribution in [3.8, 4) is 0 Å². The zero-order valence-electron chi connectivity index (χ0n) is 7.90. The van der Waals surface area contributed by atoms with Crippen molar-refractivity contribution in [2.75, 3.05) is 0 Å². The normalized spacial score (nSPS) is 18.6. The van der Waals surface area contributed by atoms with Gasteiger partial charge < -0.3 is 10.7 Å². The minimum Gasteiger partial charge on any atom is -0.361 e. The average molecular weight is 187 g/mol. The quantitative estimate of drug-likeness (QED) is 0.755. The summed E-state index contributed by atoms with van der Waals surface area (Å²) in [6, 6.07) is 4.16. The molecule has 1 saturated carbocycles. The molecule has 3 N–H and O–H groups in total. The molecule has 1 fully saturated rings. The lowest BCUT2D eigenvalue weighted by atomic mass is 10.1. The summed E-state index contributed by atoms with van der Waals surface area (Å²) in [5.74, 6) is 0.656. The molecule has 0 aliphatic heterocycles. The molecule has 0 saturated heterocycles. The molecule has 0 aromatic carbocycles. The van der Waals surface area contributed by atoms with E-state index in [0.29, 0.717) is 5.92 Å². The summed E-state index contributed by atoms with van der Waals surface area (Å²) >= 11 is 0. The third-order valence-electron chi connectivity index (χ3n) is 2.96. The molecule has 0 unspecified atom stereocenters. The van der Waals surface area contributed by atoms with E-state index in [0.717, 1.165) is 11.2 Å². The maximum Gasteiger partial charge on any atom is 0.0667 e. The maximum absolute atomic E-state index is 6.15. The van der Waals surface area contributed by atoms with Crippen LogP contribution in [0, 0.1) is 5.92 Å². The van der Waals surface area contributed by atoms with Crippen molar-refractivity contribution in [3.63, 3.8) is 0 Å². The van der Waals surface area contributed by atoms with Gasteiger partial charge in [-0.1, -0.05) is 0 Å². The van der Waals surface area contributed by atoms with Gasteiger partial charge in [0.15, 0.2) is 0 Å². The van der Waals surface area contributed by atoms with Crippen LogP contribution in [0.5, 0.6) is 0 Å². The third-order valence-corrected chi connectivity index (χ3v) is 2.96. The molecule has 2 aromatic heterocycles. The number of H-pyrrole nitrogens is 1. The number of rotatable bonds is 2. The van der Waals surface area contributed by atoms with Crippen LogP contribution in [0.2, 0.25) is 0 Å². The van der Waals surface area contributed by atoms with Crippen LogP contribution in [0.4, 0.5) is 0 Å². The highest BCUT2D eigenvalue weighted by Gasteiger charge is 2.31. The first-order valence-corrected chi connectivity index (χ1v) is 5.04. The Balaban J connectivity index is 2.14. The van der Waals surface area contributed by atoms with E-state index < -0.39 is 0 Å². The van der Waals surface area contributed by atoms with Crippen molar-refractivity contribution in [1.82, 2.24) is 9.97 Å². The summed E-state index contributed by atoms with van der Waals surface area (Å²) in [6.45, 7) is 0. The summed E-state index contributed by atoms with van der Waals surface area (Å²) < 4.78 is 0. The largest absolute Gasteiger partial charge is 0.361 e. The van der Waals surface area contributed by atoms with Crippen molar-refractivity contribution >= 4 is 10.9 Å². The summed E-state index contributed by atoms with van der Waals surface area (Å²) in [7, 11) is 0. The highest BCUT2D eigenvalue weighted by molar-refractivity contribution is 5.81. The Kier molecular flexibility index (Phi) is 1.61. The fraction of sp³-hybridized carbons (Fsp3) is 0.364. The number of aromatic nitrogens is 2. The third kappa shape index (κ3) is 1.13. The standard InChI is InChI=1S/C11H13N3/c12-10(7-1-2-7)11-8-3-5-13-9(8)4-6-14-11/h3-7,10,13H,1-2,12H2/t10-/m0/s1. The van der Waals surface area contributed by atoms with E-state index in [9.17, 15) is 0 Å². The number of pyridine rings is 1. The van der Waals surface area contributed by atoms with E-state index in [1.165, 1.54) is 18.2 Å². The second-order valence-electron chi connectivity index (χ2n) is 4.00. The van der Waals surface area contributed by atoms with E-state index in [1.54, 1.807) is 0 Å². The van der Waals surface area contributed by atoms with E-state index in [4.69, 9.17) is 5.73 Å². The maximum atomic E-state index is 6.15. The van der Waals surface area contributed by atoms with Gasteiger partial charge in [0.1, 0.15) is 0 Å². The Hall–Kier alpha value is -1.35. The lowest BCUT2D eigenvalue weighted by Gasteiger charge is -2.10. The Bertz CT molecular complexity index is 456. The Morgan fingerprint density at radius 2 is 2.29 bits per heavy atom. The van der Waals surface area contributed by atoms with Crippen LogP contribution in [0.15, 0.2) is 24.5 Å². The molecule has 3 rings (SSSR count). The molecule has 1 aliphatic rings. The van der Waals surface area contributed by atoms with Crippen LogP contribution in [-0.4, -0.2) is 9.97 Å². The van der Waals surface area contributed by atoms with Crippen molar-refractivity contribution in [1.29, 1.82) is 0 Å². The molecule has 1 atom stereocenters. The van der Waals surface area contributed by atoms with E-state index in [-0.39, 0.29) is 6.04 Å². The Morgan fingerprint density at radius 1 is 1.43 bits per heavy atom. The fourth-order valence-corrected chi connectivity index (χ4v) is 1.95. The first-order chi connectivity index (χ1) is 6.86. The van der Waals surface area contributed by atoms with E-state index >= 15 is 0 Å². The number of nitrogens with two attached hydrogens (primary N) is 1. The SMILES string of the molecule is N[C@H](c1nccc2[nH]ccc12)C1CC1. The summed E-state index contributed by atoms with van der Waals surface area (Å²) in [5.41, 5.74) is 8.33. The second kappa shape index (κ2) is 2.82. The highest BCUT2D eigenvalue weighted by atomic mass is 14.8. The number of hydrogen-bond donors (Lipinski definition) is 2. The van der Waals surface area contributed by atoms with Crippen LogP contribution in [0.1, 0.15) is 24.6 Å². The smallest absolute Gasteiger partial charge is 0.0667 e. The van der Waals surface area contributed by atoms with Crippen molar-refractivity contribution < 1.29 is 0 Å². The minimum atomic E-state index is 0.120. The molecule has 14 heavy (non-hydrogen) atoms. The monoisotopic (exact) mass is 187 g/mol. The molecule has 0 radical (unpaired) electrons. The summed E-state index contributed by atoms with van der Waals surface area (Å²) in [6.07, 6.45) is 6.28. The minimum absolute atomic E-state index is 0.120. The van der Waals surface area contributed by atoms with E-state index in [2.05, 4.69) is 16.0 Å². The van der Waals surface area contributed by atoms with Gasteiger partial charge in [0.2, 0.25) is 0 Å². The number of fused-ring (bicyclic) bond motifs is 1. The summed E-state index contributed by atoms with van der Waals surface area (Å²) in [5, 5.41) is 1.17. The van der Waals surface area contributed by atoms with Gasteiger partial charge >= 0.3 is 0 Å². The average Bonchev–Trinajstić information content (AvgIpc) is 2.94. The molecule has 0 bridgehead atoms. The molecule has 2 heterocycles. The fourth-order valence-electron chi connectivity index (χ4n) is 1.95. The van der Waals surface area contributed by atoms with Crippen LogP contribution in [-0.2, 0) is 0 Å². The Labute approximate surface area is 82.3 Å². The molecule has 0 spiro atoms.